The maximum atomic E-state index is 2.29. The summed E-state index contributed by atoms with van der Waals surface area (Å²) in [7, 11) is 0. The molecule has 1 aliphatic carbocycles. The van der Waals surface area contributed by atoms with E-state index in [0.717, 1.165) is 0 Å². The van der Waals surface area contributed by atoms with E-state index in [4.69, 9.17) is 0 Å². The number of benzene rings is 2. The molecule has 0 amide bonds. The van der Waals surface area contributed by atoms with Gasteiger partial charge in [0.1, 0.15) is 0 Å². The summed E-state index contributed by atoms with van der Waals surface area (Å²) in [6.45, 7) is 8.88. The van der Waals surface area contributed by atoms with Crippen LogP contribution >= 0.6 is 0 Å². The van der Waals surface area contributed by atoms with Crippen molar-refractivity contribution in [1.82, 2.24) is 0 Å². The molecule has 2 aromatic rings. The molecule has 0 saturated heterocycles. The summed E-state index contributed by atoms with van der Waals surface area (Å²) in [6, 6.07) is 8.89. The fourth-order valence-electron chi connectivity index (χ4n) is 3.00. The van der Waals surface area contributed by atoms with Crippen LogP contribution in [0.15, 0.2) is 30.3 Å². The standard InChI is InChI=1S/C19H19/c1-12-11-13(2)15(4)19(14(12)3)18-10-6-8-16-7-5-9-17(16)18/h5-11H,1-4H3. The van der Waals surface area contributed by atoms with Crippen molar-refractivity contribution in [2.75, 3.05) is 0 Å². The second kappa shape index (κ2) is 4.38. The molecule has 0 saturated carbocycles. The molecule has 1 radical (unpaired) electrons. The molecular formula is C19H19. The lowest BCUT2D eigenvalue weighted by atomic mass is 9.87. The highest BCUT2D eigenvalue weighted by atomic mass is 14.2. The van der Waals surface area contributed by atoms with E-state index in [1.54, 1.807) is 0 Å². The van der Waals surface area contributed by atoms with E-state index in [-0.39, 0.29) is 0 Å². The number of fused-ring (bicyclic) bond motifs is 1. The van der Waals surface area contributed by atoms with E-state index in [1.165, 1.54) is 44.5 Å². The summed E-state index contributed by atoms with van der Waals surface area (Å²) in [6.07, 6.45) is 6.55. The van der Waals surface area contributed by atoms with E-state index in [0.29, 0.717) is 0 Å². The third-order valence-electron chi connectivity index (χ3n) is 4.31. The molecule has 0 bridgehead atoms. The Morgan fingerprint density at radius 3 is 2.21 bits per heavy atom. The second-order valence-corrected chi connectivity index (χ2v) is 5.47. The Morgan fingerprint density at radius 2 is 1.53 bits per heavy atom. The second-order valence-electron chi connectivity index (χ2n) is 5.47. The molecule has 0 aliphatic heterocycles. The molecule has 0 heteroatoms. The fraction of sp³-hybridized carbons (Fsp3) is 0.211. The van der Waals surface area contributed by atoms with E-state index >= 15 is 0 Å². The predicted octanol–water partition coefficient (Wildman–Crippen LogP) is 5.17. The van der Waals surface area contributed by atoms with Gasteiger partial charge in [-0.05, 0) is 72.2 Å². The molecule has 0 fully saturated rings. The van der Waals surface area contributed by atoms with Gasteiger partial charge in [-0.3, -0.25) is 0 Å². The topological polar surface area (TPSA) is 0 Å². The molecule has 3 rings (SSSR count). The van der Waals surface area contributed by atoms with Crippen LogP contribution in [-0.4, -0.2) is 0 Å². The Kier molecular flexibility index (Phi) is 2.82. The monoisotopic (exact) mass is 247 g/mol. The first-order valence-corrected chi connectivity index (χ1v) is 6.82. The number of aryl methyl sites for hydroxylation is 2. The zero-order valence-corrected chi connectivity index (χ0v) is 12.0. The highest BCUT2D eigenvalue weighted by Crippen LogP contribution is 2.37. The van der Waals surface area contributed by atoms with E-state index in [1.807, 2.05) is 0 Å². The van der Waals surface area contributed by atoms with E-state index < -0.39 is 0 Å². The van der Waals surface area contributed by atoms with Gasteiger partial charge in [-0.1, -0.05) is 36.4 Å². The van der Waals surface area contributed by atoms with Gasteiger partial charge < -0.3 is 0 Å². The number of hydrogen-bond acceptors (Lipinski definition) is 0. The Morgan fingerprint density at radius 1 is 0.842 bits per heavy atom. The molecule has 0 nitrogen and oxygen atoms in total. The minimum absolute atomic E-state index is 1.33. The first kappa shape index (κ1) is 12.2. The number of hydrogen-bond donors (Lipinski definition) is 0. The maximum Gasteiger partial charge on any atom is 0.0131 e. The SMILES string of the molecule is Cc1cc(C)c(C)c(-c2cccc3c2C=C[CH]3)c1C. The first-order valence-electron chi connectivity index (χ1n) is 6.82. The van der Waals surface area contributed by atoms with Crippen LogP contribution in [0.2, 0.25) is 0 Å². The quantitative estimate of drug-likeness (QED) is 0.652. The van der Waals surface area contributed by atoms with Crippen LogP contribution in [0.5, 0.6) is 0 Å². The van der Waals surface area contributed by atoms with Crippen LogP contribution in [-0.2, 0) is 0 Å². The number of rotatable bonds is 1. The Balaban J connectivity index is 2.35. The van der Waals surface area contributed by atoms with Crippen molar-refractivity contribution in [3.05, 3.63) is 70.1 Å². The lowest BCUT2D eigenvalue weighted by Crippen LogP contribution is -1.97. The third kappa shape index (κ3) is 1.83. The molecule has 0 aromatic heterocycles. The Hall–Kier alpha value is -1.82. The van der Waals surface area contributed by atoms with Crippen molar-refractivity contribution in [2.24, 2.45) is 0 Å². The lowest BCUT2D eigenvalue weighted by molar-refractivity contribution is 1.24. The van der Waals surface area contributed by atoms with Crippen LogP contribution in [0.4, 0.5) is 0 Å². The zero-order valence-electron chi connectivity index (χ0n) is 12.0. The van der Waals surface area contributed by atoms with Gasteiger partial charge >= 0.3 is 0 Å². The van der Waals surface area contributed by atoms with Gasteiger partial charge in [0, 0.05) is 6.42 Å². The summed E-state index contributed by atoms with van der Waals surface area (Å²) in [4.78, 5) is 0. The van der Waals surface area contributed by atoms with Gasteiger partial charge in [0.15, 0.2) is 0 Å². The van der Waals surface area contributed by atoms with Crippen LogP contribution < -0.4 is 0 Å². The van der Waals surface area contributed by atoms with Gasteiger partial charge in [0.25, 0.3) is 0 Å². The van der Waals surface area contributed by atoms with Crippen molar-refractivity contribution in [3.8, 4) is 11.1 Å². The van der Waals surface area contributed by atoms with Crippen LogP contribution in [0.1, 0.15) is 33.4 Å². The molecule has 0 unspecified atom stereocenters. The van der Waals surface area contributed by atoms with Crippen molar-refractivity contribution in [2.45, 2.75) is 27.7 Å². The molecule has 95 valence electrons. The molecule has 0 atom stereocenters. The molecule has 2 aromatic carbocycles. The summed E-state index contributed by atoms with van der Waals surface area (Å²) in [5, 5.41) is 0. The summed E-state index contributed by atoms with van der Waals surface area (Å²) in [5.74, 6) is 0. The Bertz CT molecular complexity index is 661. The summed E-state index contributed by atoms with van der Waals surface area (Å²) >= 11 is 0. The first-order chi connectivity index (χ1) is 9.09. The summed E-state index contributed by atoms with van der Waals surface area (Å²) in [5.41, 5.74) is 11.0. The highest BCUT2D eigenvalue weighted by Gasteiger charge is 2.16. The van der Waals surface area contributed by atoms with Gasteiger partial charge in [-0.2, -0.15) is 0 Å². The van der Waals surface area contributed by atoms with Crippen molar-refractivity contribution in [1.29, 1.82) is 0 Å². The largest absolute Gasteiger partial charge is 0.0754 e. The van der Waals surface area contributed by atoms with Crippen molar-refractivity contribution in [3.63, 3.8) is 0 Å². The molecule has 0 spiro atoms. The molecule has 19 heavy (non-hydrogen) atoms. The molecule has 1 aliphatic rings. The smallest absolute Gasteiger partial charge is 0.0131 e. The number of allylic oxidation sites excluding steroid dienone is 1. The van der Waals surface area contributed by atoms with E-state index in [2.05, 4.69) is 70.5 Å². The third-order valence-corrected chi connectivity index (χ3v) is 4.31. The zero-order chi connectivity index (χ0) is 13.6. The summed E-state index contributed by atoms with van der Waals surface area (Å²) < 4.78 is 0. The highest BCUT2D eigenvalue weighted by molar-refractivity contribution is 5.85. The Labute approximate surface area is 115 Å². The minimum atomic E-state index is 1.33. The van der Waals surface area contributed by atoms with Crippen LogP contribution in [0.3, 0.4) is 0 Å². The normalized spacial score (nSPS) is 12.8. The minimum Gasteiger partial charge on any atom is -0.0754 e. The van der Waals surface area contributed by atoms with Crippen LogP contribution in [0.25, 0.3) is 17.2 Å². The van der Waals surface area contributed by atoms with Gasteiger partial charge in [0.2, 0.25) is 0 Å². The fourth-order valence-corrected chi connectivity index (χ4v) is 3.00. The average molecular weight is 247 g/mol. The molecule has 0 N–H and O–H groups in total. The van der Waals surface area contributed by atoms with Gasteiger partial charge in [-0.25, -0.2) is 0 Å². The molecule has 0 heterocycles. The average Bonchev–Trinajstić information content (AvgIpc) is 2.86. The van der Waals surface area contributed by atoms with Gasteiger partial charge in [0.05, 0.1) is 0 Å². The van der Waals surface area contributed by atoms with Crippen LogP contribution in [0, 0.1) is 34.1 Å². The van der Waals surface area contributed by atoms with Crippen molar-refractivity contribution >= 4 is 6.08 Å². The van der Waals surface area contributed by atoms with Crippen molar-refractivity contribution < 1.29 is 0 Å². The predicted molar refractivity (Wildman–Crippen MR) is 83.3 cm³/mol. The lowest BCUT2D eigenvalue weighted by Gasteiger charge is -2.18. The maximum absolute atomic E-state index is 2.29. The van der Waals surface area contributed by atoms with E-state index in [9.17, 15) is 0 Å². The molecular weight excluding hydrogens is 228 g/mol. The van der Waals surface area contributed by atoms with Gasteiger partial charge in [-0.15, -0.1) is 0 Å².